The number of aromatic amines is 1. The molecule has 0 saturated carbocycles. The Morgan fingerprint density at radius 1 is 1.44 bits per heavy atom. The Morgan fingerprint density at radius 2 is 2.28 bits per heavy atom. The van der Waals surface area contributed by atoms with Gasteiger partial charge in [0.05, 0.1) is 34.6 Å². The summed E-state index contributed by atoms with van der Waals surface area (Å²) in [7, 11) is 1.55. The van der Waals surface area contributed by atoms with Crippen molar-refractivity contribution < 1.29 is 9.53 Å². The number of fused-ring (bicyclic) bond motifs is 1. The number of thioether (sulfide) groups is 1. The number of nitrogens with one attached hydrogen (secondary N) is 2. The predicted octanol–water partition coefficient (Wildman–Crippen LogP) is 4.13. The van der Waals surface area contributed by atoms with Gasteiger partial charge in [0.2, 0.25) is 5.91 Å². The number of anilines is 1. The van der Waals surface area contributed by atoms with E-state index in [1.807, 2.05) is 13.0 Å². The minimum absolute atomic E-state index is 0.104. The maximum Gasteiger partial charge on any atom is 0.237 e. The predicted molar refractivity (Wildman–Crippen MR) is 100 cm³/mol. The molecule has 25 heavy (non-hydrogen) atoms. The lowest BCUT2D eigenvalue weighted by molar-refractivity contribution is -0.115. The number of ether oxygens (including phenoxy) is 1. The highest BCUT2D eigenvalue weighted by Crippen LogP contribution is 2.29. The van der Waals surface area contributed by atoms with Gasteiger partial charge in [-0.05, 0) is 30.7 Å². The van der Waals surface area contributed by atoms with Crippen LogP contribution in [0.25, 0.3) is 11.0 Å². The average Bonchev–Trinajstić information content (AvgIpc) is 3.02. The molecule has 130 valence electrons. The maximum absolute atomic E-state index is 12.6. The average molecular weight is 377 g/mol. The third kappa shape index (κ3) is 4.05. The van der Waals surface area contributed by atoms with E-state index in [2.05, 4.69) is 20.3 Å². The smallest absolute Gasteiger partial charge is 0.237 e. The first kappa shape index (κ1) is 17.6. The molecule has 0 radical (unpaired) electrons. The second-order valence-electron chi connectivity index (χ2n) is 5.29. The van der Waals surface area contributed by atoms with Gasteiger partial charge in [0.25, 0.3) is 0 Å². The summed E-state index contributed by atoms with van der Waals surface area (Å²) in [5, 5.41) is 3.74. The van der Waals surface area contributed by atoms with Crippen LogP contribution in [0, 0.1) is 0 Å². The topological polar surface area (TPSA) is 79.9 Å². The van der Waals surface area contributed by atoms with Gasteiger partial charge in [-0.15, -0.1) is 0 Å². The summed E-state index contributed by atoms with van der Waals surface area (Å²) in [5.41, 5.74) is 2.31. The first-order chi connectivity index (χ1) is 12.1. The minimum atomic E-state index is -0.283. The fraction of sp³-hybridized carbons (Fsp3) is 0.235. The van der Waals surface area contributed by atoms with E-state index in [0.717, 1.165) is 11.0 Å². The van der Waals surface area contributed by atoms with Crippen LogP contribution in [0.3, 0.4) is 0 Å². The number of carbonyl (C=O) groups is 1. The second-order valence-corrected chi connectivity index (χ2v) is 6.89. The maximum atomic E-state index is 12.6. The van der Waals surface area contributed by atoms with Crippen LogP contribution >= 0.6 is 23.4 Å². The van der Waals surface area contributed by atoms with E-state index < -0.39 is 0 Å². The highest BCUT2D eigenvalue weighted by molar-refractivity contribution is 8.00. The number of halogens is 1. The van der Waals surface area contributed by atoms with Crippen molar-refractivity contribution >= 4 is 46.0 Å². The molecule has 6 nitrogen and oxygen atoms in total. The van der Waals surface area contributed by atoms with Crippen molar-refractivity contribution in [2.45, 2.75) is 23.8 Å². The fourth-order valence-electron chi connectivity index (χ4n) is 2.31. The van der Waals surface area contributed by atoms with Crippen molar-refractivity contribution in [2.75, 3.05) is 12.4 Å². The standard InChI is InChI=1S/C17H17ClN4O2S/c1-3-15(25-17-21-12-6-7-19-9-13(12)22-17)16(23)20-10-4-5-14(24-2)11(18)8-10/h4-9,15H,3H2,1-2H3,(H,20,23)(H,21,22)/t15-/m0/s1. The second kappa shape index (κ2) is 7.76. The summed E-state index contributed by atoms with van der Waals surface area (Å²) in [5.74, 6) is 0.462. The number of imidazole rings is 1. The van der Waals surface area contributed by atoms with E-state index in [0.29, 0.717) is 28.0 Å². The van der Waals surface area contributed by atoms with E-state index in [1.165, 1.54) is 11.8 Å². The summed E-state index contributed by atoms with van der Waals surface area (Å²) in [6.07, 6.45) is 4.07. The van der Waals surface area contributed by atoms with Crippen LogP contribution in [-0.2, 0) is 4.79 Å². The Hall–Kier alpha value is -2.25. The molecule has 8 heteroatoms. The zero-order valence-corrected chi connectivity index (χ0v) is 15.3. The Labute approximate surface area is 154 Å². The molecule has 2 N–H and O–H groups in total. The largest absolute Gasteiger partial charge is 0.495 e. The molecule has 0 aliphatic carbocycles. The molecule has 3 aromatic rings. The molecule has 2 aromatic heterocycles. The summed E-state index contributed by atoms with van der Waals surface area (Å²) in [4.78, 5) is 24.3. The molecule has 2 heterocycles. The zero-order valence-electron chi connectivity index (χ0n) is 13.7. The summed E-state index contributed by atoms with van der Waals surface area (Å²) in [6, 6.07) is 6.98. The zero-order chi connectivity index (χ0) is 17.8. The third-order valence-corrected chi connectivity index (χ3v) is 5.14. The number of hydrogen-bond acceptors (Lipinski definition) is 5. The van der Waals surface area contributed by atoms with Crippen molar-refractivity contribution in [1.82, 2.24) is 15.0 Å². The van der Waals surface area contributed by atoms with Crippen molar-refractivity contribution in [1.29, 1.82) is 0 Å². The number of amides is 1. The quantitative estimate of drug-likeness (QED) is 0.632. The number of aromatic nitrogens is 3. The van der Waals surface area contributed by atoms with Gasteiger partial charge >= 0.3 is 0 Å². The molecule has 0 bridgehead atoms. The Morgan fingerprint density at radius 3 is 2.96 bits per heavy atom. The number of benzene rings is 1. The monoisotopic (exact) mass is 376 g/mol. The lowest BCUT2D eigenvalue weighted by atomic mass is 10.2. The van der Waals surface area contributed by atoms with Crippen LogP contribution in [0.1, 0.15) is 13.3 Å². The SMILES string of the molecule is CC[C@H](Sc1nc2ccncc2[nH]1)C(=O)Nc1ccc(OC)c(Cl)c1. The molecule has 0 saturated heterocycles. The van der Waals surface area contributed by atoms with Gasteiger partial charge in [-0.1, -0.05) is 30.3 Å². The van der Waals surface area contributed by atoms with Crippen molar-refractivity contribution in [3.8, 4) is 5.75 Å². The van der Waals surface area contributed by atoms with Crippen molar-refractivity contribution in [2.24, 2.45) is 0 Å². The van der Waals surface area contributed by atoms with E-state index in [4.69, 9.17) is 16.3 Å². The van der Waals surface area contributed by atoms with E-state index >= 15 is 0 Å². The van der Waals surface area contributed by atoms with E-state index in [1.54, 1.807) is 37.7 Å². The fourth-order valence-corrected chi connectivity index (χ4v) is 3.49. The lowest BCUT2D eigenvalue weighted by Gasteiger charge is -2.14. The number of pyridine rings is 1. The molecule has 1 amide bonds. The molecule has 0 aliphatic heterocycles. The van der Waals surface area contributed by atoms with Crippen LogP contribution < -0.4 is 10.1 Å². The number of rotatable bonds is 6. The van der Waals surface area contributed by atoms with Gasteiger partial charge in [0.1, 0.15) is 5.75 Å². The van der Waals surface area contributed by atoms with Gasteiger partial charge in [-0.25, -0.2) is 4.98 Å². The number of H-pyrrole nitrogens is 1. The number of nitrogens with zero attached hydrogens (tertiary/aromatic N) is 2. The highest BCUT2D eigenvalue weighted by Gasteiger charge is 2.20. The normalized spacial score (nSPS) is 12.1. The Bertz CT molecular complexity index is 866. The summed E-state index contributed by atoms with van der Waals surface area (Å²) < 4.78 is 5.12. The highest BCUT2D eigenvalue weighted by atomic mass is 35.5. The van der Waals surface area contributed by atoms with Gasteiger partial charge in [0.15, 0.2) is 5.16 Å². The third-order valence-electron chi connectivity index (χ3n) is 3.60. The van der Waals surface area contributed by atoms with Crippen LogP contribution in [0.15, 0.2) is 41.8 Å². The molecule has 1 aromatic carbocycles. The number of methoxy groups -OCH3 is 1. The number of hydrogen-bond donors (Lipinski definition) is 2. The van der Waals surface area contributed by atoms with Gasteiger partial charge in [-0.2, -0.15) is 0 Å². The van der Waals surface area contributed by atoms with Crippen molar-refractivity contribution in [3.05, 3.63) is 41.7 Å². The van der Waals surface area contributed by atoms with Crippen LogP contribution in [-0.4, -0.2) is 33.2 Å². The van der Waals surface area contributed by atoms with Crippen LogP contribution in [0.2, 0.25) is 5.02 Å². The van der Waals surface area contributed by atoms with E-state index in [-0.39, 0.29) is 11.2 Å². The lowest BCUT2D eigenvalue weighted by Crippen LogP contribution is -2.24. The van der Waals surface area contributed by atoms with Gasteiger partial charge < -0.3 is 15.0 Å². The summed E-state index contributed by atoms with van der Waals surface area (Å²) >= 11 is 7.49. The molecule has 1 atom stereocenters. The number of carbonyl (C=O) groups excluding carboxylic acids is 1. The Kier molecular flexibility index (Phi) is 5.45. The van der Waals surface area contributed by atoms with Gasteiger partial charge in [0, 0.05) is 11.9 Å². The molecule has 0 aliphatic rings. The molecule has 3 rings (SSSR count). The molecular weight excluding hydrogens is 360 g/mol. The molecule has 0 unspecified atom stereocenters. The molecule has 0 fully saturated rings. The molecule has 0 spiro atoms. The van der Waals surface area contributed by atoms with Gasteiger partial charge in [-0.3, -0.25) is 9.78 Å². The first-order valence-electron chi connectivity index (χ1n) is 7.71. The van der Waals surface area contributed by atoms with Crippen molar-refractivity contribution in [3.63, 3.8) is 0 Å². The van der Waals surface area contributed by atoms with Crippen LogP contribution in [0.5, 0.6) is 5.75 Å². The first-order valence-corrected chi connectivity index (χ1v) is 8.97. The minimum Gasteiger partial charge on any atom is -0.495 e. The van der Waals surface area contributed by atoms with Crippen LogP contribution in [0.4, 0.5) is 5.69 Å². The van der Waals surface area contributed by atoms with E-state index in [9.17, 15) is 4.79 Å². The molecular formula is C17H17ClN4O2S. The summed E-state index contributed by atoms with van der Waals surface area (Å²) in [6.45, 7) is 1.96. The Balaban J connectivity index is 1.71.